The lowest BCUT2D eigenvalue weighted by molar-refractivity contribution is 0.906. The first-order valence-corrected chi connectivity index (χ1v) is 4.72. The van der Waals surface area contributed by atoms with Crippen LogP contribution in [-0.4, -0.2) is 14.5 Å². The topological polar surface area (TPSA) is 47.8 Å². The van der Waals surface area contributed by atoms with Crippen molar-refractivity contribution in [1.29, 1.82) is 0 Å². The second kappa shape index (κ2) is 3.71. The Kier molecular flexibility index (Phi) is 2.41. The molecule has 0 saturated heterocycles. The zero-order valence-corrected chi connectivity index (χ0v) is 8.68. The monoisotopic (exact) mass is 251 g/mol. The number of hydrogen-bond donors (Lipinski definition) is 0. The number of rotatable bonds is 1. The van der Waals surface area contributed by atoms with Crippen molar-refractivity contribution in [3.05, 3.63) is 51.7 Å². The van der Waals surface area contributed by atoms with Gasteiger partial charge in [0.1, 0.15) is 10.4 Å². The van der Waals surface area contributed by atoms with Crippen molar-refractivity contribution in [2.24, 2.45) is 0 Å². The molecule has 0 aliphatic carbocycles. The number of halogens is 1. The van der Waals surface area contributed by atoms with E-state index in [2.05, 4.69) is 25.9 Å². The average molecular weight is 252 g/mol. The lowest BCUT2D eigenvalue weighted by Gasteiger charge is -2.02. The van der Waals surface area contributed by atoms with Crippen molar-refractivity contribution in [2.45, 2.75) is 0 Å². The van der Waals surface area contributed by atoms with Crippen LogP contribution in [0.3, 0.4) is 0 Å². The highest BCUT2D eigenvalue weighted by Crippen LogP contribution is 2.04. The van der Waals surface area contributed by atoms with Gasteiger partial charge >= 0.3 is 0 Å². The van der Waals surface area contributed by atoms with E-state index in [9.17, 15) is 4.79 Å². The van der Waals surface area contributed by atoms with Crippen LogP contribution < -0.4 is 5.56 Å². The highest BCUT2D eigenvalue weighted by atomic mass is 79.9. The lowest BCUT2D eigenvalue weighted by atomic mass is 10.4. The van der Waals surface area contributed by atoms with Crippen LogP contribution >= 0.6 is 15.9 Å². The molecule has 70 valence electrons. The maximum atomic E-state index is 11.4. The summed E-state index contributed by atoms with van der Waals surface area (Å²) >= 11 is 3.19. The van der Waals surface area contributed by atoms with Gasteiger partial charge in [-0.2, -0.15) is 0 Å². The van der Waals surface area contributed by atoms with Gasteiger partial charge in [0.05, 0.1) is 6.20 Å². The molecule has 0 amide bonds. The van der Waals surface area contributed by atoms with E-state index < -0.39 is 0 Å². The van der Waals surface area contributed by atoms with Crippen molar-refractivity contribution in [3.8, 4) is 5.82 Å². The summed E-state index contributed by atoms with van der Waals surface area (Å²) in [5.41, 5.74) is -0.202. The maximum Gasteiger partial charge on any atom is 0.274 e. The summed E-state index contributed by atoms with van der Waals surface area (Å²) in [7, 11) is 0. The van der Waals surface area contributed by atoms with Crippen molar-refractivity contribution in [2.75, 3.05) is 0 Å². The summed E-state index contributed by atoms with van der Waals surface area (Å²) < 4.78 is 2.03. The van der Waals surface area contributed by atoms with E-state index in [1.54, 1.807) is 24.5 Å². The van der Waals surface area contributed by atoms with Gasteiger partial charge in [0, 0.05) is 12.4 Å². The standard InChI is InChI=1S/C9H6BrN3O/c10-7-6-13(9(14)5-12-7)8-3-1-2-4-11-8/h1-6H. The summed E-state index contributed by atoms with van der Waals surface area (Å²) in [6.45, 7) is 0. The van der Waals surface area contributed by atoms with E-state index in [0.717, 1.165) is 0 Å². The molecule has 0 aromatic carbocycles. The largest absolute Gasteiger partial charge is 0.274 e. The normalized spacial score (nSPS) is 10.1. The molecule has 2 rings (SSSR count). The van der Waals surface area contributed by atoms with Crippen molar-refractivity contribution >= 4 is 15.9 Å². The SMILES string of the molecule is O=c1cnc(Br)cn1-c1ccccn1. The van der Waals surface area contributed by atoms with Crippen LogP contribution in [0.15, 0.2) is 46.2 Å². The fourth-order valence-corrected chi connectivity index (χ4v) is 1.36. The minimum atomic E-state index is -0.202. The molecule has 5 heteroatoms. The fourth-order valence-electron chi connectivity index (χ4n) is 1.06. The molecular weight excluding hydrogens is 246 g/mol. The molecule has 0 aliphatic rings. The fraction of sp³-hybridized carbons (Fsp3) is 0. The van der Waals surface area contributed by atoms with Crippen LogP contribution in [0.4, 0.5) is 0 Å². The summed E-state index contributed by atoms with van der Waals surface area (Å²) in [6, 6.07) is 5.38. The zero-order chi connectivity index (χ0) is 9.97. The lowest BCUT2D eigenvalue weighted by Crippen LogP contribution is -2.18. The molecule has 4 nitrogen and oxygen atoms in total. The molecule has 14 heavy (non-hydrogen) atoms. The van der Waals surface area contributed by atoms with E-state index in [-0.39, 0.29) is 5.56 Å². The second-order valence-electron chi connectivity index (χ2n) is 2.61. The minimum absolute atomic E-state index is 0.202. The Balaban J connectivity index is 2.63. The van der Waals surface area contributed by atoms with Crippen molar-refractivity contribution < 1.29 is 0 Å². The molecule has 0 unspecified atom stereocenters. The van der Waals surface area contributed by atoms with Crippen LogP contribution in [-0.2, 0) is 0 Å². The number of hydrogen-bond acceptors (Lipinski definition) is 3. The Morgan fingerprint density at radius 3 is 2.86 bits per heavy atom. The Morgan fingerprint density at radius 2 is 2.14 bits per heavy atom. The summed E-state index contributed by atoms with van der Waals surface area (Å²) in [5.74, 6) is 0.584. The van der Waals surface area contributed by atoms with Gasteiger partial charge in [0.2, 0.25) is 0 Å². The van der Waals surface area contributed by atoms with Crippen LogP contribution in [0.2, 0.25) is 0 Å². The first-order chi connectivity index (χ1) is 6.77. The molecule has 2 heterocycles. The van der Waals surface area contributed by atoms with E-state index in [1.807, 2.05) is 6.07 Å². The predicted molar refractivity (Wildman–Crippen MR) is 55.3 cm³/mol. The van der Waals surface area contributed by atoms with Crippen molar-refractivity contribution in [3.63, 3.8) is 0 Å². The van der Waals surface area contributed by atoms with Gasteiger partial charge in [-0.15, -0.1) is 0 Å². The summed E-state index contributed by atoms with van der Waals surface area (Å²) in [4.78, 5) is 19.3. The summed E-state index contributed by atoms with van der Waals surface area (Å²) in [6.07, 6.45) is 4.47. The molecule has 0 spiro atoms. The smallest absolute Gasteiger partial charge is 0.267 e. The van der Waals surface area contributed by atoms with Crippen LogP contribution in [0, 0.1) is 0 Å². The highest BCUT2D eigenvalue weighted by molar-refractivity contribution is 9.10. The summed E-state index contributed by atoms with van der Waals surface area (Å²) in [5, 5.41) is 0. The maximum absolute atomic E-state index is 11.4. The first kappa shape index (κ1) is 9.08. The van der Waals surface area contributed by atoms with Gasteiger partial charge in [-0.25, -0.2) is 9.97 Å². The number of aromatic nitrogens is 3. The third-order valence-corrected chi connectivity index (χ3v) is 2.08. The average Bonchev–Trinajstić information content (AvgIpc) is 2.23. The third kappa shape index (κ3) is 1.72. The Morgan fingerprint density at radius 1 is 1.29 bits per heavy atom. The molecular formula is C9H6BrN3O. The Bertz CT molecular complexity index is 495. The molecule has 0 atom stereocenters. The Labute approximate surface area is 88.4 Å². The highest BCUT2D eigenvalue weighted by Gasteiger charge is 2.00. The quantitative estimate of drug-likeness (QED) is 0.770. The van der Waals surface area contributed by atoms with Gasteiger partial charge in [-0.1, -0.05) is 6.07 Å². The second-order valence-corrected chi connectivity index (χ2v) is 3.42. The molecule has 0 radical (unpaired) electrons. The third-order valence-electron chi connectivity index (χ3n) is 1.67. The molecule has 2 aromatic heterocycles. The van der Waals surface area contributed by atoms with Gasteiger partial charge in [-0.3, -0.25) is 9.36 Å². The minimum Gasteiger partial charge on any atom is -0.267 e. The van der Waals surface area contributed by atoms with E-state index in [4.69, 9.17) is 0 Å². The van der Waals surface area contributed by atoms with Crippen LogP contribution in [0.25, 0.3) is 5.82 Å². The van der Waals surface area contributed by atoms with Gasteiger partial charge in [-0.05, 0) is 28.1 Å². The van der Waals surface area contributed by atoms with Gasteiger partial charge < -0.3 is 0 Å². The van der Waals surface area contributed by atoms with Gasteiger partial charge in [0.15, 0.2) is 0 Å². The first-order valence-electron chi connectivity index (χ1n) is 3.93. The molecule has 0 aliphatic heterocycles. The van der Waals surface area contributed by atoms with E-state index >= 15 is 0 Å². The number of nitrogens with zero attached hydrogens (tertiary/aromatic N) is 3. The predicted octanol–water partition coefficient (Wildman–Crippen LogP) is 1.39. The van der Waals surface area contributed by atoms with Crippen LogP contribution in [0.5, 0.6) is 0 Å². The number of pyridine rings is 1. The van der Waals surface area contributed by atoms with Crippen molar-refractivity contribution in [1.82, 2.24) is 14.5 Å². The molecule has 0 fully saturated rings. The zero-order valence-electron chi connectivity index (χ0n) is 7.09. The Hall–Kier alpha value is -1.49. The van der Waals surface area contributed by atoms with E-state index in [1.165, 1.54) is 10.8 Å². The molecule has 0 saturated carbocycles. The van der Waals surface area contributed by atoms with E-state index in [0.29, 0.717) is 10.4 Å². The molecule has 0 bridgehead atoms. The van der Waals surface area contributed by atoms with Gasteiger partial charge in [0.25, 0.3) is 5.56 Å². The molecule has 0 N–H and O–H groups in total. The van der Waals surface area contributed by atoms with Crippen LogP contribution in [0.1, 0.15) is 0 Å². The molecule has 2 aromatic rings.